The summed E-state index contributed by atoms with van der Waals surface area (Å²) in [6.07, 6.45) is 4.83. The first-order chi connectivity index (χ1) is 14.0. The number of aromatic nitrogens is 3. The minimum atomic E-state index is -0.506. The van der Waals surface area contributed by atoms with E-state index in [0.717, 1.165) is 32.0 Å². The Morgan fingerprint density at radius 1 is 1.31 bits per heavy atom. The van der Waals surface area contributed by atoms with Crippen LogP contribution >= 0.6 is 0 Å². The van der Waals surface area contributed by atoms with Crippen molar-refractivity contribution in [2.45, 2.75) is 13.8 Å². The van der Waals surface area contributed by atoms with Gasteiger partial charge in [0.25, 0.3) is 5.91 Å². The van der Waals surface area contributed by atoms with Gasteiger partial charge in [-0.15, -0.1) is 0 Å². The predicted molar refractivity (Wildman–Crippen MR) is 108 cm³/mol. The van der Waals surface area contributed by atoms with Crippen molar-refractivity contribution in [2.24, 2.45) is 0 Å². The van der Waals surface area contributed by atoms with Gasteiger partial charge in [0.15, 0.2) is 11.5 Å². The van der Waals surface area contributed by atoms with Gasteiger partial charge in [-0.25, -0.2) is 14.4 Å². The van der Waals surface area contributed by atoms with Crippen LogP contribution in [0, 0.1) is 12.7 Å². The van der Waals surface area contributed by atoms with Crippen molar-refractivity contribution in [2.75, 3.05) is 43.0 Å². The highest BCUT2D eigenvalue weighted by atomic mass is 19.1. The van der Waals surface area contributed by atoms with Gasteiger partial charge in [0, 0.05) is 56.9 Å². The monoisotopic (exact) mass is 398 g/mol. The van der Waals surface area contributed by atoms with Crippen LogP contribution in [0.3, 0.4) is 0 Å². The number of ether oxygens (including phenoxy) is 1. The number of aryl methyl sites for hydroxylation is 1. The second kappa shape index (κ2) is 8.04. The molecule has 0 unspecified atom stereocenters. The minimum Gasteiger partial charge on any atom is -0.493 e. The van der Waals surface area contributed by atoms with Crippen molar-refractivity contribution in [3.8, 4) is 5.75 Å². The zero-order valence-electron chi connectivity index (χ0n) is 16.4. The fourth-order valence-corrected chi connectivity index (χ4v) is 3.39. The highest BCUT2D eigenvalue weighted by Gasteiger charge is 2.19. The maximum absolute atomic E-state index is 14.3. The molecule has 0 radical (unpaired) electrons. The summed E-state index contributed by atoms with van der Waals surface area (Å²) in [5, 5.41) is 6.03. The summed E-state index contributed by atoms with van der Waals surface area (Å²) in [6.45, 7) is 7.51. The van der Waals surface area contributed by atoms with Gasteiger partial charge in [0.2, 0.25) is 0 Å². The van der Waals surface area contributed by atoms with Crippen molar-refractivity contribution in [1.29, 1.82) is 0 Å². The first-order valence-electron chi connectivity index (χ1n) is 9.60. The van der Waals surface area contributed by atoms with E-state index in [2.05, 4.69) is 25.5 Å². The zero-order valence-corrected chi connectivity index (χ0v) is 16.4. The van der Waals surface area contributed by atoms with E-state index in [9.17, 15) is 9.18 Å². The number of hydrogen-bond acceptors (Lipinski definition) is 6. The van der Waals surface area contributed by atoms with E-state index < -0.39 is 11.7 Å². The number of hydrogen-bond donors (Lipinski definition) is 2. The van der Waals surface area contributed by atoms with Crippen LogP contribution in [0.25, 0.3) is 5.65 Å². The molecule has 152 valence electrons. The molecule has 3 aromatic rings. The van der Waals surface area contributed by atoms with E-state index in [0.29, 0.717) is 29.3 Å². The first-order valence-corrected chi connectivity index (χ1v) is 9.60. The van der Waals surface area contributed by atoms with Gasteiger partial charge < -0.3 is 24.7 Å². The third kappa shape index (κ3) is 4.00. The van der Waals surface area contributed by atoms with E-state index in [1.54, 1.807) is 29.8 Å². The van der Waals surface area contributed by atoms with Gasteiger partial charge in [-0.3, -0.25) is 4.79 Å². The average Bonchev–Trinajstić information content (AvgIpc) is 3.09. The molecule has 1 aliphatic rings. The summed E-state index contributed by atoms with van der Waals surface area (Å²) in [7, 11) is 0. The second-order valence-corrected chi connectivity index (χ2v) is 6.85. The fourth-order valence-electron chi connectivity index (χ4n) is 3.39. The lowest BCUT2D eigenvalue weighted by Gasteiger charge is -2.28. The SMILES string of the molecule is CCOc1cc(N2CCNCC2)ncc1C(=O)Nc1cc(F)c2nc(C)cn2c1. The molecule has 1 aliphatic heterocycles. The highest BCUT2D eigenvalue weighted by Crippen LogP contribution is 2.25. The summed E-state index contributed by atoms with van der Waals surface area (Å²) in [5.41, 5.74) is 1.54. The van der Waals surface area contributed by atoms with E-state index in [-0.39, 0.29) is 5.65 Å². The van der Waals surface area contributed by atoms with Crippen LogP contribution in [0.4, 0.5) is 15.9 Å². The van der Waals surface area contributed by atoms with Crippen molar-refractivity contribution in [1.82, 2.24) is 19.7 Å². The van der Waals surface area contributed by atoms with Crippen LogP contribution in [0.2, 0.25) is 0 Å². The van der Waals surface area contributed by atoms with Crippen molar-refractivity contribution >= 4 is 23.1 Å². The Labute approximate surface area is 167 Å². The van der Waals surface area contributed by atoms with Gasteiger partial charge >= 0.3 is 0 Å². The molecular formula is C20H23FN6O2. The van der Waals surface area contributed by atoms with Gasteiger partial charge in [0.1, 0.15) is 17.1 Å². The molecule has 2 N–H and O–H groups in total. The molecule has 0 saturated carbocycles. The number of halogens is 1. The molecule has 1 fully saturated rings. The molecule has 0 atom stereocenters. The largest absolute Gasteiger partial charge is 0.493 e. The Morgan fingerprint density at radius 3 is 2.86 bits per heavy atom. The quantitative estimate of drug-likeness (QED) is 0.686. The standard InChI is InChI=1S/C20H23FN6O2/c1-3-29-17-9-18(26-6-4-22-5-7-26)23-10-15(17)20(28)25-14-8-16(21)19-24-13(2)11-27(19)12-14/h8-12,22H,3-7H2,1-2H3,(H,25,28). The van der Waals surface area contributed by atoms with Gasteiger partial charge in [-0.2, -0.15) is 0 Å². The number of rotatable bonds is 5. The van der Waals surface area contributed by atoms with Crippen LogP contribution in [0.5, 0.6) is 5.75 Å². The molecule has 9 heteroatoms. The maximum atomic E-state index is 14.3. The number of anilines is 2. The fraction of sp³-hybridized carbons (Fsp3) is 0.350. The summed E-state index contributed by atoms with van der Waals surface area (Å²) < 4.78 is 21.5. The van der Waals surface area contributed by atoms with E-state index >= 15 is 0 Å². The predicted octanol–water partition coefficient (Wildman–Crippen LogP) is 2.24. The number of piperazine rings is 1. The Bertz CT molecular complexity index is 1040. The summed E-state index contributed by atoms with van der Waals surface area (Å²) in [5.74, 6) is 0.304. The molecule has 1 saturated heterocycles. The van der Waals surface area contributed by atoms with Crippen LogP contribution < -0.4 is 20.3 Å². The van der Waals surface area contributed by atoms with Gasteiger partial charge in [-0.1, -0.05) is 0 Å². The topological polar surface area (TPSA) is 83.8 Å². The average molecular weight is 398 g/mol. The van der Waals surface area contributed by atoms with E-state index in [1.807, 2.05) is 6.92 Å². The number of pyridine rings is 2. The smallest absolute Gasteiger partial charge is 0.261 e. The van der Waals surface area contributed by atoms with Gasteiger partial charge in [-0.05, 0) is 13.8 Å². The molecule has 3 aromatic heterocycles. The Morgan fingerprint density at radius 2 is 2.10 bits per heavy atom. The van der Waals surface area contributed by atoms with Crippen LogP contribution in [0.1, 0.15) is 23.0 Å². The number of amides is 1. The van der Waals surface area contributed by atoms with Crippen LogP contribution in [0.15, 0.2) is 30.7 Å². The van der Waals surface area contributed by atoms with Gasteiger partial charge in [0.05, 0.1) is 18.0 Å². The third-order valence-electron chi connectivity index (χ3n) is 4.72. The molecule has 4 heterocycles. The Kier molecular flexibility index (Phi) is 5.30. The number of nitrogens with zero attached hydrogens (tertiary/aromatic N) is 4. The van der Waals surface area contributed by atoms with Crippen LogP contribution in [-0.2, 0) is 0 Å². The summed E-state index contributed by atoms with van der Waals surface area (Å²) >= 11 is 0. The van der Waals surface area contributed by atoms with E-state index in [1.165, 1.54) is 12.3 Å². The van der Waals surface area contributed by atoms with E-state index in [4.69, 9.17) is 4.74 Å². The van der Waals surface area contributed by atoms with Crippen molar-refractivity contribution in [3.63, 3.8) is 0 Å². The molecule has 4 rings (SSSR count). The molecule has 29 heavy (non-hydrogen) atoms. The molecule has 8 nitrogen and oxygen atoms in total. The molecule has 0 aromatic carbocycles. The first kappa shape index (κ1) is 19.1. The number of nitrogens with one attached hydrogen (secondary N) is 2. The third-order valence-corrected chi connectivity index (χ3v) is 4.72. The second-order valence-electron chi connectivity index (χ2n) is 6.85. The Balaban J connectivity index is 1.60. The molecule has 1 amide bonds. The number of imidazole rings is 1. The number of fused-ring (bicyclic) bond motifs is 1. The zero-order chi connectivity index (χ0) is 20.4. The highest BCUT2D eigenvalue weighted by molar-refractivity contribution is 6.06. The minimum absolute atomic E-state index is 0.220. The molecule has 0 spiro atoms. The lowest BCUT2D eigenvalue weighted by Crippen LogP contribution is -2.43. The molecule has 0 aliphatic carbocycles. The molecular weight excluding hydrogens is 375 g/mol. The van der Waals surface area contributed by atoms with Crippen LogP contribution in [-0.4, -0.2) is 53.1 Å². The number of carbonyl (C=O) groups is 1. The maximum Gasteiger partial charge on any atom is 0.261 e. The summed E-state index contributed by atoms with van der Waals surface area (Å²) in [4.78, 5) is 23.6. The lowest BCUT2D eigenvalue weighted by molar-refractivity contribution is 0.102. The normalized spacial score (nSPS) is 14.2. The Hall–Kier alpha value is -3.20. The van der Waals surface area contributed by atoms with Crippen molar-refractivity contribution < 1.29 is 13.9 Å². The number of carbonyl (C=O) groups excluding carboxylic acids is 1. The molecule has 0 bridgehead atoms. The lowest BCUT2D eigenvalue weighted by atomic mass is 10.2. The van der Waals surface area contributed by atoms with Crippen molar-refractivity contribution in [3.05, 3.63) is 47.8 Å². The summed E-state index contributed by atoms with van der Waals surface area (Å²) in [6, 6.07) is 3.04.